The zero-order valence-electron chi connectivity index (χ0n) is 18.0. The van der Waals surface area contributed by atoms with E-state index in [2.05, 4.69) is 34.6 Å². The van der Waals surface area contributed by atoms with Crippen molar-refractivity contribution in [3.05, 3.63) is 0 Å². The Morgan fingerprint density at radius 1 is 1.22 bits per heavy atom. The number of esters is 1. The van der Waals surface area contributed by atoms with Crippen molar-refractivity contribution in [3.63, 3.8) is 0 Å². The van der Waals surface area contributed by atoms with E-state index >= 15 is 0 Å². The van der Waals surface area contributed by atoms with E-state index in [0.717, 1.165) is 25.7 Å². The van der Waals surface area contributed by atoms with Gasteiger partial charge < -0.3 is 9.84 Å². The molecule has 4 nitrogen and oxygen atoms in total. The number of carbonyl (C=O) groups excluding carboxylic acids is 2. The van der Waals surface area contributed by atoms with Crippen molar-refractivity contribution in [1.82, 2.24) is 0 Å². The molecule has 0 amide bonds. The molecule has 0 saturated heterocycles. The minimum absolute atomic E-state index is 0.0723. The molecule has 154 valence electrons. The van der Waals surface area contributed by atoms with Crippen LogP contribution in [0.4, 0.5) is 0 Å². The highest BCUT2D eigenvalue weighted by atomic mass is 16.5. The second kappa shape index (κ2) is 6.86. The molecular formula is C23H38O4. The van der Waals surface area contributed by atoms with Gasteiger partial charge >= 0.3 is 5.97 Å². The number of aliphatic hydroxyl groups excluding tert-OH is 1. The van der Waals surface area contributed by atoms with Gasteiger partial charge in [0.05, 0.1) is 6.10 Å². The van der Waals surface area contributed by atoms with Crippen LogP contribution in [0.3, 0.4) is 0 Å². The van der Waals surface area contributed by atoms with Crippen LogP contribution in [-0.4, -0.2) is 29.1 Å². The van der Waals surface area contributed by atoms with Crippen molar-refractivity contribution >= 4 is 11.8 Å². The smallest absolute Gasteiger partial charge is 0.306 e. The van der Waals surface area contributed by atoms with Crippen LogP contribution in [0.15, 0.2) is 0 Å². The van der Waals surface area contributed by atoms with Crippen LogP contribution in [0.25, 0.3) is 0 Å². The third kappa shape index (κ3) is 2.97. The van der Waals surface area contributed by atoms with E-state index in [-0.39, 0.29) is 40.2 Å². The van der Waals surface area contributed by atoms with Crippen LogP contribution in [0.5, 0.6) is 0 Å². The van der Waals surface area contributed by atoms with Gasteiger partial charge in [0.25, 0.3) is 0 Å². The van der Waals surface area contributed by atoms with Gasteiger partial charge in [0.1, 0.15) is 11.9 Å². The van der Waals surface area contributed by atoms with Gasteiger partial charge in [0.2, 0.25) is 0 Å². The number of Topliss-reactive ketones (excluding diaryl/α,β-unsaturated/α-hetero) is 1. The zero-order valence-corrected chi connectivity index (χ0v) is 18.0. The highest BCUT2D eigenvalue weighted by Crippen LogP contribution is 2.67. The second-order valence-electron chi connectivity index (χ2n) is 10.6. The molecule has 0 heterocycles. The topological polar surface area (TPSA) is 63.6 Å². The van der Waals surface area contributed by atoms with Crippen molar-refractivity contribution in [3.8, 4) is 0 Å². The van der Waals surface area contributed by atoms with Gasteiger partial charge in [0, 0.05) is 24.2 Å². The third-order valence-electron chi connectivity index (χ3n) is 8.77. The number of ketones is 1. The highest BCUT2D eigenvalue weighted by Gasteiger charge is 2.68. The standard InChI is InChI=1S/C23H38O4/c1-7-8-18(25)27-17-13-21(4,5)20(26)15(3)23-11-9-14(2)22(17,6)19(23)16(24)10-12-23/h14-15,17,19-20,26H,7-13H2,1-6H3/t14-,15+,17-,19+,20+,22+,23?/m1/s1. The van der Waals surface area contributed by atoms with Crippen LogP contribution in [0.2, 0.25) is 0 Å². The van der Waals surface area contributed by atoms with E-state index in [1.807, 2.05) is 6.92 Å². The third-order valence-corrected chi connectivity index (χ3v) is 8.77. The van der Waals surface area contributed by atoms with Crippen LogP contribution < -0.4 is 0 Å². The molecule has 2 bridgehead atoms. The van der Waals surface area contributed by atoms with Crippen LogP contribution in [0, 0.1) is 34.0 Å². The SMILES string of the molecule is CCCC(=O)O[C@@H]1CC(C)(C)[C@@H](O)[C@H](C)C23CCC(=O)[C@H]2[C@@]1(C)[C@H](C)CC3. The molecule has 0 aromatic carbocycles. The largest absolute Gasteiger partial charge is 0.462 e. The van der Waals surface area contributed by atoms with E-state index in [1.165, 1.54) is 0 Å². The van der Waals surface area contributed by atoms with Gasteiger partial charge in [-0.15, -0.1) is 0 Å². The summed E-state index contributed by atoms with van der Waals surface area (Å²) in [6.07, 6.45) is 4.42. The Kier molecular flexibility index (Phi) is 5.29. The lowest BCUT2D eigenvalue weighted by Crippen LogP contribution is -2.63. The lowest BCUT2D eigenvalue weighted by molar-refractivity contribution is -0.209. The highest BCUT2D eigenvalue weighted by molar-refractivity contribution is 5.85. The molecule has 0 aromatic rings. The first-order valence-electron chi connectivity index (χ1n) is 10.9. The number of ether oxygens (including phenoxy) is 1. The summed E-state index contributed by atoms with van der Waals surface area (Å²) >= 11 is 0. The molecule has 3 fully saturated rings. The Balaban J connectivity index is 2.14. The summed E-state index contributed by atoms with van der Waals surface area (Å²) in [5, 5.41) is 11.3. The van der Waals surface area contributed by atoms with E-state index < -0.39 is 6.10 Å². The molecule has 0 radical (unpaired) electrons. The molecule has 3 aliphatic carbocycles. The first kappa shape index (κ1) is 20.8. The summed E-state index contributed by atoms with van der Waals surface area (Å²) in [5.41, 5.74) is -0.885. The van der Waals surface area contributed by atoms with Crippen molar-refractivity contribution in [2.45, 2.75) is 98.7 Å². The van der Waals surface area contributed by atoms with Crippen LogP contribution in [0.1, 0.15) is 86.5 Å². The van der Waals surface area contributed by atoms with E-state index in [1.54, 1.807) is 0 Å². The molecular weight excluding hydrogens is 340 g/mol. The van der Waals surface area contributed by atoms with Gasteiger partial charge in [-0.2, -0.15) is 0 Å². The average Bonchev–Trinajstić information content (AvgIpc) is 2.94. The Morgan fingerprint density at radius 3 is 2.52 bits per heavy atom. The van der Waals surface area contributed by atoms with E-state index in [0.29, 0.717) is 31.0 Å². The Hall–Kier alpha value is -0.900. The molecule has 1 N–H and O–H groups in total. The average molecular weight is 379 g/mol. The monoisotopic (exact) mass is 378 g/mol. The molecule has 0 aromatic heterocycles. The number of hydrogen-bond donors (Lipinski definition) is 1. The molecule has 3 saturated carbocycles. The van der Waals surface area contributed by atoms with Crippen LogP contribution >= 0.6 is 0 Å². The minimum Gasteiger partial charge on any atom is -0.462 e. The predicted octanol–water partition coefficient (Wildman–Crippen LogP) is 4.53. The fourth-order valence-corrected chi connectivity index (χ4v) is 6.90. The summed E-state index contributed by atoms with van der Waals surface area (Å²) in [7, 11) is 0. The summed E-state index contributed by atoms with van der Waals surface area (Å²) in [4.78, 5) is 25.7. The summed E-state index contributed by atoms with van der Waals surface area (Å²) < 4.78 is 6.10. The first-order chi connectivity index (χ1) is 12.5. The number of aliphatic hydroxyl groups is 1. The van der Waals surface area contributed by atoms with Crippen molar-refractivity contribution < 1.29 is 19.4 Å². The Morgan fingerprint density at radius 2 is 1.89 bits per heavy atom. The minimum atomic E-state index is -0.503. The predicted molar refractivity (Wildman–Crippen MR) is 105 cm³/mol. The molecule has 27 heavy (non-hydrogen) atoms. The lowest BCUT2D eigenvalue weighted by atomic mass is 9.44. The molecule has 1 unspecified atom stereocenters. The fraction of sp³-hybridized carbons (Fsp3) is 0.913. The maximum Gasteiger partial charge on any atom is 0.306 e. The fourth-order valence-electron chi connectivity index (χ4n) is 6.90. The lowest BCUT2D eigenvalue weighted by Gasteiger charge is -2.61. The first-order valence-corrected chi connectivity index (χ1v) is 10.9. The number of hydrogen-bond acceptors (Lipinski definition) is 4. The summed E-state index contributed by atoms with van der Waals surface area (Å²) in [6, 6.07) is 0. The zero-order chi connectivity index (χ0) is 20.2. The quantitative estimate of drug-likeness (QED) is 0.733. The normalized spacial score (nSPS) is 46.3. The van der Waals surface area contributed by atoms with Crippen molar-refractivity contribution in [1.29, 1.82) is 0 Å². The van der Waals surface area contributed by atoms with Crippen molar-refractivity contribution in [2.24, 2.45) is 34.0 Å². The van der Waals surface area contributed by atoms with E-state index in [4.69, 9.17) is 4.74 Å². The maximum absolute atomic E-state index is 13.2. The number of rotatable bonds is 3. The summed E-state index contributed by atoms with van der Waals surface area (Å²) in [5.74, 6) is 0.420. The van der Waals surface area contributed by atoms with Gasteiger partial charge in [-0.3, -0.25) is 9.59 Å². The molecule has 7 atom stereocenters. The maximum atomic E-state index is 13.2. The number of carbonyl (C=O) groups is 2. The second-order valence-corrected chi connectivity index (χ2v) is 10.6. The van der Waals surface area contributed by atoms with Gasteiger partial charge in [-0.05, 0) is 54.8 Å². The molecule has 3 rings (SSSR count). The molecule has 4 heteroatoms. The summed E-state index contributed by atoms with van der Waals surface area (Å²) in [6.45, 7) is 12.7. The Labute approximate surface area is 164 Å². The van der Waals surface area contributed by atoms with Gasteiger partial charge in [-0.1, -0.05) is 41.5 Å². The van der Waals surface area contributed by atoms with Crippen LogP contribution in [-0.2, 0) is 14.3 Å². The Bertz CT molecular complexity index is 611. The molecule has 0 aliphatic heterocycles. The van der Waals surface area contributed by atoms with Gasteiger partial charge in [-0.25, -0.2) is 0 Å². The van der Waals surface area contributed by atoms with E-state index in [9.17, 15) is 14.7 Å². The van der Waals surface area contributed by atoms with Gasteiger partial charge in [0.15, 0.2) is 0 Å². The molecule has 3 aliphatic rings. The molecule has 0 spiro atoms. The van der Waals surface area contributed by atoms with Crippen molar-refractivity contribution in [2.75, 3.05) is 0 Å².